The van der Waals surface area contributed by atoms with E-state index in [1.54, 1.807) is 42.5 Å². The molecule has 5 heteroatoms. The minimum atomic E-state index is -0.0853. The molecule has 0 fully saturated rings. The third-order valence-electron chi connectivity index (χ3n) is 2.98. The normalized spacial score (nSPS) is 10.6. The summed E-state index contributed by atoms with van der Waals surface area (Å²) in [6, 6.07) is 7.45. The van der Waals surface area contributed by atoms with Crippen LogP contribution in [0.25, 0.3) is 11.1 Å². The van der Waals surface area contributed by atoms with E-state index in [2.05, 4.69) is 15.2 Å². The molecule has 2 heterocycles. The van der Waals surface area contributed by atoms with Gasteiger partial charge in [0, 0.05) is 36.8 Å². The standard InChI is InChI=1S/C14H12N4O/c1-18-6-5-15-14(18)13(19)11-4-2-3-10(7-11)12-8-16-17-9-12/h2-9H,1H3,(H,16,17). The summed E-state index contributed by atoms with van der Waals surface area (Å²) >= 11 is 0. The van der Waals surface area contributed by atoms with Crippen LogP contribution in [0.3, 0.4) is 0 Å². The highest BCUT2D eigenvalue weighted by molar-refractivity contribution is 6.07. The number of hydrogen-bond donors (Lipinski definition) is 1. The molecule has 5 nitrogen and oxygen atoms in total. The first-order valence-corrected chi connectivity index (χ1v) is 5.87. The molecule has 1 N–H and O–H groups in total. The zero-order valence-corrected chi connectivity index (χ0v) is 10.4. The molecule has 0 radical (unpaired) electrons. The number of benzene rings is 1. The lowest BCUT2D eigenvalue weighted by atomic mass is 10.0. The summed E-state index contributed by atoms with van der Waals surface area (Å²) in [5, 5.41) is 6.67. The maximum absolute atomic E-state index is 12.3. The van der Waals surface area contributed by atoms with E-state index in [-0.39, 0.29) is 5.78 Å². The number of rotatable bonds is 3. The Hall–Kier alpha value is -2.69. The molecule has 0 aliphatic rings. The van der Waals surface area contributed by atoms with Gasteiger partial charge in [0.05, 0.1) is 6.20 Å². The van der Waals surface area contributed by atoms with E-state index in [0.29, 0.717) is 11.4 Å². The lowest BCUT2D eigenvalue weighted by Gasteiger charge is -2.03. The second-order valence-corrected chi connectivity index (χ2v) is 4.26. The summed E-state index contributed by atoms with van der Waals surface area (Å²) in [4.78, 5) is 16.4. The van der Waals surface area contributed by atoms with Crippen LogP contribution in [0.2, 0.25) is 0 Å². The van der Waals surface area contributed by atoms with E-state index >= 15 is 0 Å². The molecule has 0 aliphatic carbocycles. The lowest BCUT2D eigenvalue weighted by molar-refractivity contribution is 0.102. The fourth-order valence-corrected chi connectivity index (χ4v) is 1.96. The number of H-pyrrole nitrogens is 1. The lowest BCUT2D eigenvalue weighted by Crippen LogP contribution is -2.08. The SMILES string of the molecule is Cn1ccnc1C(=O)c1cccc(-c2cn[nH]c2)c1. The number of hydrogen-bond acceptors (Lipinski definition) is 3. The van der Waals surface area contributed by atoms with Crippen molar-refractivity contribution < 1.29 is 4.79 Å². The van der Waals surface area contributed by atoms with Crippen molar-refractivity contribution in [3.05, 3.63) is 60.4 Å². The van der Waals surface area contributed by atoms with Crippen molar-refractivity contribution in [2.45, 2.75) is 0 Å². The fourth-order valence-electron chi connectivity index (χ4n) is 1.96. The van der Waals surface area contributed by atoms with Crippen LogP contribution in [0.5, 0.6) is 0 Å². The molecule has 19 heavy (non-hydrogen) atoms. The number of carbonyl (C=O) groups excluding carboxylic acids is 1. The largest absolute Gasteiger partial charge is 0.331 e. The molecule has 94 valence electrons. The van der Waals surface area contributed by atoms with E-state index < -0.39 is 0 Å². The number of imidazole rings is 1. The monoisotopic (exact) mass is 252 g/mol. The van der Waals surface area contributed by atoms with E-state index in [1.807, 2.05) is 18.2 Å². The van der Waals surface area contributed by atoms with Crippen LogP contribution in [0.15, 0.2) is 49.1 Å². The minimum Gasteiger partial charge on any atom is -0.331 e. The number of nitrogens with one attached hydrogen (secondary N) is 1. The molecule has 0 bridgehead atoms. The number of carbonyl (C=O) groups is 1. The number of aryl methyl sites for hydroxylation is 1. The van der Waals surface area contributed by atoms with Gasteiger partial charge in [-0.1, -0.05) is 18.2 Å². The highest BCUT2D eigenvalue weighted by atomic mass is 16.1. The Kier molecular flexibility index (Phi) is 2.72. The van der Waals surface area contributed by atoms with Crippen LogP contribution in [0, 0.1) is 0 Å². The Balaban J connectivity index is 2.01. The number of nitrogens with zero attached hydrogens (tertiary/aromatic N) is 3. The average Bonchev–Trinajstić information content (AvgIpc) is 3.09. The fraction of sp³-hybridized carbons (Fsp3) is 0.0714. The van der Waals surface area contributed by atoms with Gasteiger partial charge in [-0.15, -0.1) is 0 Å². The molecular formula is C14H12N4O. The van der Waals surface area contributed by atoms with Gasteiger partial charge in [-0.05, 0) is 11.6 Å². The third-order valence-corrected chi connectivity index (χ3v) is 2.98. The van der Waals surface area contributed by atoms with Gasteiger partial charge in [0.2, 0.25) is 5.78 Å². The van der Waals surface area contributed by atoms with Gasteiger partial charge < -0.3 is 4.57 Å². The van der Waals surface area contributed by atoms with E-state index in [9.17, 15) is 4.79 Å². The zero-order valence-electron chi connectivity index (χ0n) is 10.4. The number of aromatic nitrogens is 4. The maximum Gasteiger partial charge on any atom is 0.228 e. The third kappa shape index (κ3) is 2.06. The summed E-state index contributed by atoms with van der Waals surface area (Å²) in [6.45, 7) is 0. The van der Waals surface area contributed by atoms with Crippen LogP contribution in [0.4, 0.5) is 0 Å². The van der Waals surface area contributed by atoms with Gasteiger partial charge in [0.1, 0.15) is 0 Å². The van der Waals surface area contributed by atoms with Gasteiger partial charge in [0.25, 0.3) is 0 Å². The van der Waals surface area contributed by atoms with Gasteiger partial charge >= 0.3 is 0 Å². The van der Waals surface area contributed by atoms with E-state index in [0.717, 1.165) is 11.1 Å². The highest BCUT2D eigenvalue weighted by Gasteiger charge is 2.14. The van der Waals surface area contributed by atoms with Crippen molar-refractivity contribution in [2.24, 2.45) is 7.05 Å². The number of ketones is 1. The van der Waals surface area contributed by atoms with Crippen molar-refractivity contribution in [1.82, 2.24) is 19.7 Å². The van der Waals surface area contributed by atoms with Crippen LogP contribution in [-0.2, 0) is 7.05 Å². The summed E-state index contributed by atoms with van der Waals surface area (Å²) in [5.74, 6) is 0.349. The van der Waals surface area contributed by atoms with Crippen molar-refractivity contribution in [3.8, 4) is 11.1 Å². The Labute approximate surface area is 109 Å². The van der Waals surface area contributed by atoms with Crippen molar-refractivity contribution in [2.75, 3.05) is 0 Å². The van der Waals surface area contributed by atoms with Crippen molar-refractivity contribution >= 4 is 5.78 Å². The van der Waals surface area contributed by atoms with Crippen LogP contribution in [0.1, 0.15) is 16.2 Å². The quantitative estimate of drug-likeness (QED) is 0.725. The molecule has 0 saturated heterocycles. The van der Waals surface area contributed by atoms with Crippen LogP contribution >= 0.6 is 0 Å². The molecule has 0 unspecified atom stereocenters. The predicted molar refractivity (Wildman–Crippen MR) is 70.7 cm³/mol. The van der Waals surface area contributed by atoms with E-state index in [4.69, 9.17) is 0 Å². The topological polar surface area (TPSA) is 63.6 Å². The van der Waals surface area contributed by atoms with Gasteiger partial charge in [-0.25, -0.2) is 4.98 Å². The molecule has 1 aromatic carbocycles. The van der Waals surface area contributed by atoms with Gasteiger partial charge in [-0.3, -0.25) is 9.89 Å². The highest BCUT2D eigenvalue weighted by Crippen LogP contribution is 2.20. The van der Waals surface area contributed by atoms with Crippen molar-refractivity contribution in [3.63, 3.8) is 0 Å². The molecule has 0 spiro atoms. The number of aromatic amines is 1. The second-order valence-electron chi connectivity index (χ2n) is 4.26. The summed E-state index contributed by atoms with van der Waals surface area (Å²) < 4.78 is 1.72. The molecule has 3 rings (SSSR count). The summed E-state index contributed by atoms with van der Waals surface area (Å²) in [6.07, 6.45) is 6.90. The van der Waals surface area contributed by atoms with Crippen molar-refractivity contribution in [1.29, 1.82) is 0 Å². The van der Waals surface area contributed by atoms with E-state index in [1.165, 1.54) is 0 Å². The molecule has 3 aromatic rings. The maximum atomic E-state index is 12.3. The first-order valence-electron chi connectivity index (χ1n) is 5.87. The first-order chi connectivity index (χ1) is 9.25. The zero-order chi connectivity index (χ0) is 13.2. The van der Waals surface area contributed by atoms with Gasteiger partial charge in [0.15, 0.2) is 5.82 Å². The Morgan fingerprint density at radius 3 is 2.89 bits per heavy atom. The molecule has 0 atom stereocenters. The Bertz CT molecular complexity index is 713. The Morgan fingerprint density at radius 2 is 2.21 bits per heavy atom. The first kappa shape index (κ1) is 11.4. The minimum absolute atomic E-state index is 0.0853. The van der Waals surface area contributed by atoms with Gasteiger partial charge in [-0.2, -0.15) is 5.10 Å². The molecule has 0 saturated carbocycles. The smallest absolute Gasteiger partial charge is 0.228 e. The Morgan fingerprint density at radius 1 is 1.32 bits per heavy atom. The molecule has 0 aliphatic heterocycles. The average molecular weight is 252 g/mol. The molecule has 2 aromatic heterocycles. The predicted octanol–water partition coefficient (Wildman–Crippen LogP) is 2.04. The molecule has 0 amide bonds. The second kappa shape index (κ2) is 4.53. The summed E-state index contributed by atoms with van der Waals surface area (Å²) in [5.41, 5.74) is 2.52. The van der Waals surface area contributed by atoms with Crippen LogP contribution < -0.4 is 0 Å². The molecular weight excluding hydrogens is 240 g/mol. The summed E-state index contributed by atoms with van der Waals surface area (Å²) in [7, 11) is 1.81. The van der Waals surface area contributed by atoms with Crippen LogP contribution in [-0.4, -0.2) is 25.5 Å².